The van der Waals surface area contributed by atoms with E-state index >= 15 is 0 Å². The van der Waals surface area contributed by atoms with Gasteiger partial charge in [-0.05, 0) is 18.0 Å². The van der Waals surface area contributed by atoms with Gasteiger partial charge in [0.05, 0.1) is 0 Å². The SMILES string of the molecule is Cl.O.OCCCc1nc(Cl)n[nH]1. The fourth-order valence-electron chi connectivity index (χ4n) is 0.630. The zero-order valence-electron chi connectivity index (χ0n) is 6.25. The van der Waals surface area contributed by atoms with Gasteiger partial charge < -0.3 is 10.6 Å². The highest BCUT2D eigenvalue weighted by atomic mass is 35.5. The number of aliphatic hydroxyl groups excluding tert-OH is 1. The van der Waals surface area contributed by atoms with Gasteiger partial charge in [-0.25, -0.2) is 4.98 Å². The van der Waals surface area contributed by atoms with Crippen molar-refractivity contribution in [3.05, 3.63) is 11.1 Å². The van der Waals surface area contributed by atoms with Crippen LogP contribution in [-0.2, 0) is 6.42 Å². The molecule has 1 aromatic rings. The second kappa shape index (κ2) is 7.30. The highest BCUT2D eigenvalue weighted by Gasteiger charge is 1.97. The molecule has 1 heterocycles. The van der Waals surface area contributed by atoms with Crippen LogP contribution in [0.4, 0.5) is 0 Å². The number of halogens is 2. The average molecular weight is 216 g/mol. The monoisotopic (exact) mass is 215 g/mol. The zero-order valence-corrected chi connectivity index (χ0v) is 7.82. The van der Waals surface area contributed by atoms with E-state index in [2.05, 4.69) is 15.2 Å². The molecule has 0 aromatic carbocycles. The van der Waals surface area contributed by atoms with Gasteiger partial charge in [0.15, 0.2) is 0 Å². The Hall–Kier alpha value is -0.360. The standard InChI is InChI=1S/C5H8ClN3O.ClH.H2O/c6-5-7-4(8-9-5)2-1-3-10;;/h10H,1-3H2,(H,7,8,9);1H;1H2. The number of aliphatic hydroxyl groups is 1. The molecule has 0 saturated heterocycles. The van der Waals surface area contributed by atoms with Crippen LogP contribution in [0, 0.1) is 0 Å². The molecule has 72 valence electrons. The molecule has 0 saturated carbocycles. The van der Waals surface area contributed by atoms with Crippen molar-refractivity contribution in [3.8, 4) is 0 Å². The largest absolute Gasteiger partial charge is 0.412 e. The summed E-state index contributed by atoms with van der Waals surface area (Å²) < 4.78 is 0. The van der Waals surface area contributed by atoms with E-state index in [9.17, 15) is 0 Å². The molecule has 0 spiro atoms. The number of nitrogens with zero attached hydrogens (tertiary/aromatic N) is 2. The summed E-state index contributed by atoms with van der Waals surface area (Å²) in [6.45, 7) is 0.165. The number of nitrogens with one attached hydrogen (secondary N) is 1. The summed E-state index contributed by atoms with van der Waals surface area (Å²) in [4.78, 5) is 3.84. The van der Waals surface area contributed by atoms with Crippen LogP contribution in [-0.4, -0.2) is 32.4 Å². The predicted octanol–water partition coefficient (Wildman–Crippen LogP) is -0.0199. The highest BCUT2D eigenvalue weighted by molar-refractivity contribution is 6.28. The molecule has 0 bridgehead atoms. The fourth-order valence-corrected chi connectivity index (χ4v) is 0.775. The zero-order chi connectivity index (χ0) is 7.40. The van der Waals surface area contributed by atoms with Gasteiger partial charge >= 0.3 is 0 Å². The Balaban J connectivity index is 0. The van der Waals surface area contributed by atoms with Crippen molar-refractivity contribution in [2.75, 3.05) is 6.61 Å². The Morgan fingerprint density at radius 3 is 2.58 bits per heavy atom. The summed E-state index contributed by atoms with van der Waals surface area (Å²) >= 11 is 5.42. The van der Waals surface area contributed by atoms with Gasteiger partial charge in [0.2, 0.25) is 5.28 Å². The number of aromatic nitrogens is 3. The van der Waals surface area contributed by atoms with Crippen molar-refractivity contribution in [1.82, 2.24) is 15.2 Å². The first kappa shape index (κ1) is 14.2. The van der Waals surface area contributed by atoms with Crippen LogP contribution in [0.3, 0.4) is 0 Å². The van der Waals surface area contributed by atoms with E-state index in [-0.39, 0.29) is 29.8 Å². The maximum atomic E-state index is 8.44. The number of hydrogen-bond acceptors (Lipinski definition) is 3. The van der Waals surface area contributed by atoms with Gasteiger partial charge in [-0.2, -0.15) is 0 Å². The van der Waals surface area contributed by atoms with Crippen molar-refractivity contribution < 1.29 is 10.6 Å². The minimum absolute atomic E-state index is 0. The van der Waals surface area contributed by atoms with Crippen molar-refractivity contribution in [2.45, 2.75) is 12.8 Å². The second-order valence-corrected chi connectivity index (χ2v) is 2.22. The molecule has 5 nitrogen and oxygen atoms in total. The van der Waals surface area contributed by atoms with E-state index in [0.717, 1.165) is 5.82 Å². The third-order valence-electron chi connectivity index (χ3n) is 1.08. The molecule has 0 unspecified atom stereocenters. The molecule has 0 aliphatic heterocycles. The number of hydrogen-bond donors (Lipinski definition) is 2. The van der Waals surface area contributed by atoms with Crippen molar-refractivity contribution in [1.29, 1.82) is 0 Å². The lowest BCUT2D eigenvalue weighted by Gasteiger charge is -1.88. The first-order chi connectivity index (χ1) is 4.83. The molecule has 4 N–H and O–H groups in total. The van der Waals surface area contributed by atoms with E-state index in [1.165, 1.54) is 0 Å². The fraction of sp³-hybridized carbons (Fsp3) is 0.600. The lowest BCUT2D eigenvalue weighted by Crippen LogP contribution is -1.91. The van der Waals surface area contributed by atoms with Crippen molar-refractivity contribution in [3.63, 3.8) is 0 Å². The van der Waals surface area contributed by atoms with Crippen LogP contribution in [0.1, 0.15) is 12.2 Å². The van der Waals surface area contributed by atoms with Crippen molar-refractivity contribution >= 4 is 24.0 Å². The number of rotatable bonds is 3. The predicted molar refractivity (Wildman–Crippen MR) is 47.7 cm³/mol. The van der Waals surface area contributed by atoms with Gasteiger partial charge in [0, 0.05) is 13.0 Å². The minimum Gasteiger partial charge on any atom is -0.412 e. The lowest BCUT2D eigenvalue weighted by molar-refractivity contribution is 0.287. The van der Waals surface area contributed by atoms with E-state index in [4.69, 9.17) is 16.7 Å². The molecule has 0 amide bonds. The van der Waals surface area contributed by atoms with E-state index in [0.29, 0.717) is 12.8 Å². The molecule has 0 fully saturated rings. The maximum Gasteiger partial charge on any atom is 0.242 e. The average Bonchev–Trinajstić information content (AvgIpc) is 2.31. The van der Waals surface area contributed by atoms with Crippen LogP contribution in [0.15, 0.2) is 0 Å². The van der Waals surface area contributed by atoms with E-state index in [1.54, 1.807) is 0 Å². The Morgan fingerprint density at radius 2 is 2.17 bits per heavy atom. The molecular formula is C5H11Cl2N3O2. The lowest BCUT2D eigenvalue weighted by atomic mass is 10.3. The summed E-state index contributed by atoms with van der Waals surface area (Å²) in [5.41, 5.74) is 0. The van der Waals surface area contributed by atoms with Crippen molar-refractivity contribution in [2.24, 2.45) is 0 Å². The second-order valence-electron chi connectivity index (χ2n) is 1.88. The van der Waals surface area contributed by atoms with Crippen LogP contribution < -0.4 is 0 Å². The smallest absolute Gasteiger partial charge is 0.242 e. The molecule has 7 heteroatoms. The summed E-state index contributed by atoms with van der Waals surface area (Å²) in [6, 6.07) is 0. The van der Waals surface area contributed by atoms with Crippen LogP contribution >= 0.6 is 24.0 Å². The molecule has 0 atom stereocenters. The van der Waals surface area contributed by atoms with E-state index < -0.39 is 0 Å². The molecular weight excluding hydrogens is 205 g/mol. The van der Waals surface area contributed by atoms with Gasteiger partial charge in [-0.1, -0.05) is 0 Å². The van der Waals surface area contributed by atoms with Crippen LogP contribution in [0.5, 0.6) is 0 Å². The van der Waals surface area contributed by atoms with Crippen LogP contribution in [0.2, 0.25) is 5.28 Å². The Morgan fingerprint density at radius 1 is 1.50 bits per heavy atom. The highest BCUT2D eigenvalue weighted by Crippen LogP contribution is 2.00. The first-order valence-corrected chi connectivity index (χ1v) is 3.38. The molecule has 1 aromatic heterocycles. The van der Waals surface area contributed by atoms with Gasteiger partial charge in [-0.15, -0.1) is 17.5 Å². The summed E-state index contributed by atoms with van der Waals surface area (Å²) in [5.74, 6) is 0.721. The quantitative estimate of drug-likeness (QED) is 0.743. The number of aryl methyl sites for hydroxylation is 1. The van der Waals surface area contributed by atoms with Gasteiger partial charge in [-0.3, -0.25) is 5.10 Å². The Kier molecular flexibility index (Phi) is 8.62. The first-order valence-electron chi connectivity index (χ1n) is 3.00. The molecule has 12 heavy (non-hydrogen) atoms. The summed E-state index contributed by atoms with van der Waals surface area (Å²) in [5, 5.41) is 14.9. The van der Waals surface area contributed by atoms with Gasteiger partial charge in [0.1, 0.15) is 5.82 Å². The Labute approximate surface area is 80.9 Å². The molecule has 0 radical (unpaired) electrons. The number of H-pyrrole nitrogens is 1. The third kappa shape index (κ3) is 4.50. The normalized spacial score (nSPS) is 8.50. The molecule has 0 aliphatic rings. The molecule has 1 rings (SSSR count). The number of aromatic amines is 1. The Bertz CT molecular complexity index is 206. The topological polar surface area (TPSA) is 93.3 Å². The summed E-state index contributed by atoms with van der Waals surface area (Å²) in [6.07, 6.45) is 1.38. The summed E-state index contributed by atoms with van der Waals surface area (Å²) in [7, 11) is 0. The maximum absolute atomic E-state index is 8.44. The third-order valence-corrected chi connectivity index (χ3v) is 1.25. The van der Waals surface area contributed by atoms with E-state index in [1.807, 2.05) is 0 Å². The molecule has 0 aliphatic carbocycles. The van der Waals surface area contributed by atoms with Crippen LogP contribution in [0.25, 0.3) is 0 Å². The van der Waals surface area contributed by atoms with Gasteiger partial charge in [0.25, 0.3) is 0 Å². The minimum atomic E-state index is 0.